The van der Waals surface area contributed by atoms with E-state index < -0.39 is 0 Å². The first-order valence-corrected chi connectivity index (χ1v) is 27.1. The van der Waals surface area contributed by atoms with E-state index in [9.17, 15) is 0 Å². The summed E-state index contributed by atoms with van der Waals surface area (Å²) in [7, 11) is 0. The highest BCUT2D eigenvalue weighted by Crippen LogP contribution is 2.57. The van der Waals surface area contributed by atoms with E-state index >= 15 is 0 Å². The first-order valence-electron chi connectivity index (χ1n) is 27.1. The SMILES string of the molecule is c1ccc(-c2ccc3c(N(c4cccc5oc6ccccc6c45)c4cccc5oc6ccccc6c45)c4cc(-c5ccccc5)ccc4c(N(c4cccc5oc6ccccc6c45)c4cccc5oc6ccccc6c45)c3c2)cc1. The van der Waals surface area contributed by atoms with Crippen LogP contribution in [-0.4, -0.2) is 0 Å². The highest BCUT2D eigenvalue weighted by molar-refractivity contribution is 6.30. The molecule has 0 saturated carbocycles. The van der Waals surface area contributed by atoms with Crippen LogP contribution in [0, 0.1) is 0 Å². The van der Waals surface area contributed by atoms with Gasteiger partial charge in [0.05, 0.1) is 55.7 Å². The highest BCUT2D eigenvalue weighted by atomic mass is 16.3. The Bertz CT molecular complexity index is 4770. The van der Waals surface area contributed by atoms with E-state index in [1.807, 2.05) is 24.3 Å². The van der Waals surface area contributed by atoms with Crippen LogP contribution in [0.5, 0.6) is 0 Å². The van der Waals surface area contributed by atoms with Crippen molar-refractivity contribution in [1.82, 2.24) is 0 Å². The summed E-state index contributed by atoms with van der Waals surface area (Å²) < 4.78 is 27.1. The minimum absolute atomic E-state index is 0.798. The van der Waals surface area contributed by atoms with E-state index in [0.29, 0.717) is 0 Å². The molecule has 0 fully saturated rings. The maximum Gasteiger partial charge on any atom is 0.137 e. The second-order valence-electron chi connectivity index (χ2n) is 20.6. The second kappa shape index (κ2) is 17.3. The molecule has 0 amide bonds. The number of para-hydroxylation sites is 4. The molecule has 0 N–H and O–H groups in total. The quantitative estimate of drug-likeness (QED) is 0.112. The second-order valence-corrected chi connectivity index (χ2v) is 20.6. The van der Waals surface area contributed by atoms with Gasteiger partial charge in [0.15, 0.2) is 0 Å². The molecule has 17 aromatic rings. The van der Waals surface area contributed by atoms with Crippen molar-refractivity contribution in [2.24, 2.45) is 0 Å². The van der Waals surface area contributed by atoms with Gasteiger partial charge in [0.2, 0.25) is 0 Å². The minimum atomic E-state index is 0.798. The fraction of sp³-hybridized carbons (Fsp3) is 0. The fourth-order valence-corrected chi connectivity index (χ4v) is 12.8. The molecule has 0 bridgehead atoms. The number of benzene rings is 13. The molecule has 0 radical (unpaired) electrons. The molecule has 0 aliphatic heterocycles. The van der Waals surface area contributed by atoms with Gasteiger partial charge in [-0.2, -0.15) is 0 Å². The summed E-state index contributed by atoms with van der Waals surface area (Å²) in [5, 5.41) is 12.3. The monoisotopic (exact) mass is 1020 g/mol. The van der Waals surface area contributed by atoms with Crippen molar-refractivity contribution >= 4 is 143 Å². The average Bonchev–Trinajstić information content (AvgIpc) is 3.99. The Hall–Kier alpha value is -10.8. The molecule has 0 spiro atoms. The van der Waals surface area contributed by atoms with Crippen molar-refractivity contribution in [2.75, 3.05) is 9.80 Å². The van der Waals surface area contributed by atoms with Gasteiger partial charge in [0, 0.05) is 43.1 Å². The predicted molar refractivity (Wildman–Crippen MR) is 331 cm³/mol. The summed E-state index contributed by atoms with van der Waals surface area (Å²) in [4.78, 5) is 5.00. The summed E-state index contributed by atoms with van der Waals surface area (Å²) in [6, 6.07) is 94.8. The highest BCUT2D eigenvalue weighted by Gasteiger charge is 2.32. The lowest BCUT2D eigenvalue weighted by Gasteiger charge is -2.34. The molecule has 4 aromatic heterocycles. The van der Waals surface area contributed by atoms with E-state index in [4.69, 9.17) is 17.7 Å². The molecule has 80 heavy (non-hydrogen) atoms. The zero-order chi connectivity index (χ0) is 52.4. The third-order valence-electron chi connectivity index (χ3n) is 16.2. The first-order chi connectivity index (χ1) is 39.7. The Labute approximate surface area is 457 Å². The van der Waals surface area contributed by atoms with Gasteiger partial charge in [0.1, 0.15) is 44.7 Å². The Kier molecular flexibility index (Phi) is 9.61. The molecule has 6 heteroatoms. The van der Waals surface area contributed by atoms with E-state index in [0.717, 1.165) is 166 Å². The topological polar surface area (TPSA) is 59.0 Å². The summed E-state index contributed by atoms with van der Waals surface area (Å²) in [6.45, 7) is 0. The minimum Gasteiger partial charge on any atom is -0.456 e. The van der Waals surface area contributed by atoms with Crippen molar-refractivity contribution in [3.05, 3.63) is 267 Å². The number of fused-ring (bicyclic) bond motifs is 14. The van der Waals surface area contributed by atoms with E-state index in [-0.39, 0.29) is 0 Å². The smallest absolute Gasteiger partial charge is 0.137 e. The normalized spacial score (nSPS) is 12.0. The van der Waals surface area contributed by atoms with Gasteiger partial charge >= 0.3 is 0 Å². The summed E-state index contributed by atoms with van der Waals surface area (Å²) in [6.07, 6.45) is 0. The molecule has 6 nitrogen and oxygen atoms in total. The average molecular weight is 1030 g/mol. The van der Waals surface area contributed by atoms with Gasteiger partial charge in [-0.05, 0) is 107 Å². The van der Waals surface area contributed by atoms with E-state index in [1.165, 1.54) is 0 Å². The van der Waals surface area contributed by atoms with Crippen molar-refractivity contribution < 1.29 is 17.7 Å². The molecule has 0 aliphatic carbocycles. The largest absolute Gasteiger partial charge is 0.456 e. The molecule has 13 aromatic carbocycles. The van der Waals surface area contributed by atoms with Crippen LogP contribution in [0.2, 0.25) is 0 Å². The van der Waals surface area contributed by atoms with Gasteiger partial charge in [-0.1, -0.05) is 182 Å². The van der Waals surface area contributed by atoms with E-state index in [2.05, 4.69) is 252 Å². The van der Waals surface area contributed by atoms with Crippen LogP contribution in [0.1, 0.15) is 0 Å². The molecule has 4 heterocycles. The standard InChI is InChI=1S/C74H44N2O4/c1-3-19-45(20-4-1)47-39-41-49-55(43-47)73(75(57-27-15-35-65-69(57)51-23-7-11-31-61(51)77-65)58-28-16-36-66-70(58)52-24-8-12-32-62(52)78-66)50-42-40-48(46-21-5-2-6-22-46)44-56(50)74(49)76(59-29-17-37-67-71(59)53-25-9-13-33-63(53)79-67)60-30-18-38-68-72(60)54-26-10-14-34-64(54)80-68/h1-44H. The van der Waals surface area contributed by atoms with Crippen LogP contribution < -0.4 is 9.80 Å². The van der Waals surface area contributed by atoms with E-state index in [1.54, 1.807) is 0 Å². The van der Waals surface area contributed by atoms with Gasteiger partial charge in [-0.3, -0.25) is 0 Å². The maximum atomic E-state index is 6.77. The molecule has 374 valence electrons. The van der Waals surface area contributed by atoms with Gasteiger partial charge < -0.3 is 27.5 Å². The molecule has 17 rings (SSSR count). The summed E-state index contributed by atoms with van der Waals surface area (Å²) in [5.41, 5.74) is 16.8. The van der Waals surface area contributed by atoms with Crippen LogP contribution in [0.3, 0.4) is 0 Å². The van der Waals surface area contributed by atoms with Crippen LogP contribution >= 0.6 is 0 Å². The Morgan fingerprint density at radius 1 is 0.188 bits per heavy atom. The van der Waals surface area contributed by atoms with Gasteiger partial charge in [-0.25, -0.2) is 0 Å². The number of hydrogen-bond donors (Lipinski definition) is 0. The molecular formula is C74H44N2O4. The van der Waals surface area contributed by atoms with Crippen LogP contribution in [0.15, 0.2) is 285 Å². The van der Waals surface area contributed by atoms with Gasteiger partial charge in [0.25, 0.3) is 0 Å². The lowest BCUT2D eigenvalue weighted by atomic mass is 9.90. The van der Waals surface area contributed by atoms with Crippen LogP contribution in [0.25, 0.3) is 132 Å². The van der Waals surface area contributed by atoms with Crippen molar-refractivity contribution in [3.63, 3.8) is 0 Å². The number of rotatable bonds is 8. The number of hydrogen-bond acceptors (Lipinski definition) is 6. The number of furan rings is 4. The third kappa shape index (κ3) is 6.60. The molecular weight excluding hydrogens is 981 g/mol. The van der Waals surface area contributed by atoms with Crippen LogP contribution in [0.4, 0.5) is 34.1 Å². The maximum absolute atomic E-state index is 6.77. The predicted octanol–water partition coefficient (Wildman–Crippen LogP) is 21.9. The Balaban J connectivity index is 1.11. The summed E-state index contributed by atoms with van der Waals surface area (Å²) >= 11 is 0. The van der Waals surface area contributed by atoms with Crippen molar-refractivity contribution in [3.8, 4) is 22.3 Å². The molecule has 0 saturated heterocycles. The van der Waals surface area contributed by atoms with Crippen molar-refractivity contribution in [1.29, 1.82) is 0 Å². The number of anilines is 6. The molecule has 0 aliphatic rings. The molecule has 0 atom stereocenters. The zero-order valence-electron chi connectivity index (χ0n) is 42.9. The van der Waals surface area contributed by atoms with Crippen LogP contribution in [-0.2, 0) is 0 Å². The fourth-order valence-electron chi connectivity index (χ4n) is 12.8. The van der Waals surface area contributed by atoms with Gasteiger partial charge in [-0.15, -0.1) is 0 Å². The summed E-state index contributed by atoms with van der Waals surface area (Å²) in [5.74, 6) is 0. The Morgan fingerprint density at radius 2 is 0.463 bits per heavy atom. The molecule has 0 unspecified atom stereocenters. The lowest BCUT2D eigenvalue weighted by Crippen LogP contribution is -2.15. The first kappa shape index (κ1) is 44.3. The Morgan fingerprint density at radius 3 is 0.775 bits per heavy atom. The zero-order valence-corrected chi connectivity index (χ0v) is 42.9. The van der Waals surface area contributed by atoms with Crippen molar-refractivity contribution in [2.45, 2.75) is 0 Å². The lowest BCUT2D eigenvalue weighted by molar-refractivity contribution is 0.668. The third-order valence-corrected chi connectivity index (χ3v) is 16.2. The number of nitrogens with zero attached hydrogens (tertiary/aromatic N) is 2.